The number of rotatable bonds is 5. The fourth-order valence-corrected chi connectivity index (χ4v) is 6.62. The number of sulfonamides is 1. The second-order valence-corrected chi connectivity index (χ2v) is 10.2. The molecule has 1 amide bonds. The molecule has 6 heteroatoms. The number of amides is 1. The lowest BCUT2D eigenvalue weighted by Crippen LogP contribution is -2.48. The number of hydrogen-bond acceptors (Lipinski definition) is 3. The fourth-order valence-electron chi connectivity index (χ4n) is 5.01. The Morgan fingerprint density at radius 2 is 1.92 bits per heavy atom. The number of nitrogens with one attached hydrogen (secondary N) is 1. The topological polar surface area (TPSA) is 66.5 Å². The van der Waals surface area contributed by atoms with E-state index >= 15 is 0 Å². The van der Waals surface area contributed by atoms with Gasteiger partial charge in [0.25, 0.3) is 0 Å². The van der Waals surface area contributed by atoms with Crippen LogP contribution in [0.1, 0.15) is 44.1 Å². The lowest BCUT2D eigenvalue weighted by molar-refractivity contribution is -0.127. The molecule has 3 fully saturated rings. The summed E-state index contributed by atoms with van der Waals surface area (Å²) in [5, 5.41) is 3.24. The summed E-state index contributed by atoms with van der Waals surface area (Å²) in [6.45, 7) is 0.842. The van der Waals surface area contributed by atoms with Crippen LogP contribution in [0.4, 0.5) is 0 Å². The Labute approximate surface area is 156 Å². The molecule has 0 radical (unpaired) electrons. The maximum absolute atomic E-state index is 12.8. The van der Waals surface area contributed by atoms with E-state index < -0.39 is 10.0 Å². The number of nitrogens with zero attached hydrogens (tertiary/aromatic N) is 1. The van der Waals surface area contributed by atoms with Crippen LogP contribution < -0.4 is 5.32 Å². The highest BCUT2D eigenvalue weighted by Gasteiger charge is 2.41. The molecule has 2 saturated carbocycles. The van der Waals surface area contributed by atoms with Crippen LogP contribution in [0.2, 0.25) is 0 Å². The van der Waals surface area contributed by atoms with Gasteiger partial charge in [0.2, 0.25) is 15.9 Å². The van der Waals surface area contributed by atoms with Gasteiger partial charge in [0, 0.05) is 19.1 Å². The van der Waals surface area contributed by atoms with Crippen LogP contribution in [0.15, 0.2) is 30.3 Å². The normalized spacial score (nSPS) is 31.8. The molecule has 0 aromatic heterocycles. The van der Waals surface area contributed by atoms with Crippen molar-refractivity contribution in [2.24, 2.45) is 17.8 Å². The number of hydrogen-bond donors (Lipinski definition) is 1. The van der Waals surface area contributed by atoms with Crippen LogP contribution in [-0.4, -0.2) is 37.8 Å². The van der Waals surface area contributed by atoms with E-state index in [1.807, 2.05) is 30.3 Å². The third-order valence-corrected chi connectivity index (χ3v) is 8.22. The van der Waals surface area contributed by atoms with E-state index in [4.69, 9.17) is 0 Å². The van der Waals surface area contributed by atoms with Crippen molar-refractivity contribution < 1.29 is 13.2 Å². The molecule has 1 saturated heterocycles. The van der Waals surface area contributed by atoms with Gasteiger partial charge >= 0.3 is 0 Å². The second-order valence-electron chi connectivity index (χ2n) is 8.23. The largest absolute Gasteiger partial charge is 0.353 e. The van der Waals surface area contributed by atoms with Gasteiger partial charge in [-0.1, -0.05) is 36.8 Å². The summed E-state index contributed by atoms with van der Waals surface area (Å²) in [5.41, 5.74) is 0.793. The van der Waals surface area contributed by atoms with E-state index in [-0.39, 0.29) is 17.6 Å². The first kappa shape index (κ1) is 18.0. The summed E-state index contributed by atoms with van der Waals surface area (Å²) in [7, 11) is -3.39. The highest BCUT2D eigenvalue weighted by atomic mass is 32.2. The molecule has 4 atom stereocenters. The van der Waals surface area contributed by atoms with Gasteiger partial charge in [0.05, 0.1) is 11.7 Å². The van der Waals surface area contributed by atoms with Crippen LogP contribution in [0.3, 0.4) is 0 Å². The number of carbonyl (C=O) groups excluding carboxylic acids is 1. The first-order chi connectivity index (χ1) is 12.5. The first-order valence-corrected chi connectivity index (χ1v) is 11.4. The van der Waals surface area contributed by atoms with Crippen molar-refractivity contribution in [3.05, 3.63) is 35.9 Å². The van der Waals surface area contributed by atoms with Gasteiger partial charge in [-0.3, -0.25) is 4.79 Å². The van der Waals surface area contributed by atoms with Crippen molar-refractivity contribution in [2.45, 2.75) is 50.3 Å². The fraction of sp³-hybridized carbons (Fsp3) is 0.650. The van der Waals surface area contributed by atoms with Gasteiger partial charge in [-0.25, -0.2) is 12.7 Å². The van der Waals surface area contributed by atoms with Gasteiger partial charge in [-0.2, -0.15) is 0 Å². The molecule has 142 valence electrons. The molecule has 2 bridgehead atoms. The maximum atomic E-state index is 12.8. The monoisotopic (exact) mass is 376 g/mol. The van der Waals surface area contributed by atoms with Gasteiger partial charge in [-0.05, 0) is 49.5 Å². The molecular weight excluding hydrogens is 348 g/mol. The van der Waals surface area contributed by atoms with Gasteiger partial charge < -0.3 is 5.32 Å². The molecule has 26 heavy (non-hydrogen) atoms. The lowest BCUT2D eigenvalue weighted by Gasteiger charge is -2.33. The summed E-state index contributed by atoms with van der Waals surface area (Å²) >= 11 is 0. The van der Waals surface area contributed by atoms with E-state index in [1.165, 1.54) is 23.6 Å². The first-order valence-electron chi connectivity index (χ1n) is 9.83. The van der Waals surface area contributed by atoms with Crippen molar-refractivity contribution in [1.29, 1.82) is 0 Å². The average Bonchev–Trinajstić information content (AvgIpc) is 3.25. The lowest BCUT2D eigenvalue weighted by atomic mass is 9.93. The molecule has 1 heterocycles. The smallest absolute Gasteiger partial charge is 0.224 e. The molecular formula is C20H28N2O3S. The van der Waals surface area contributed by atoms with Crippen LogP contribution in [-0.2, 0) is 20.6 Å². The number of piperidine rings is 1. The van der Waals surface area contributed by atoms with Crippen LogP contribution in [0.5, 0.6) is 0 Å². The van der Waals surface area contributed by atoms with E-state index in [1.54, 1.807) is 0 Å². The maximum Gasteiger partial charge on any atom is 0.224 e. The van der Waals surface area contributed by atoms with Crippen molar-refractivity contribution in [2.75, 3.05) is 13.1 Å². The predicted molar refractivity (Wildman–Crippen MR) is 101 cm³/mol. The molecule has 1 N–H and O–H groups in total. The molecule has 2 aliphatic carbocycles. The van der Waals surface area contributed by atoms with Crippen LogP contribution >= 0.6 is 0 Å². The van der Waals surface area contributed by atoms with Gasteiger partial charge in [0.15, 0.2) is 0 Å². The predicted octanol–water partition coefficient (Wildman–Crippen LogP) is 2.53. The van der Waals surface area contributed by atoms with Gasteiger partial charge in [0.1, 0.15) is 0 Å². The minimum Gasteiger partial charge on any atom is -0.353 e. The molecule has 1 aromatic rings. The minimum absolute atomic E-state index is 0.00849. The highest BCUT2D eigenvalue weighted by molar-refractivity contribution is 7.88. The highest BCUT2D eigenvalue weighted by Crippen LogP contribution is 2.44. The average molecular weight is 377 g/mol. The van der Waals surface area contributed by atoms with Crippen molar-refractivity contribution >= 4 is 15.9 Å². The van der Waals surface area contributed by atoms with Gasteiger partial charge in [-0.15, -0.1) is 0 Å². The van der Waals surface area contributed by atoms with Crippen molar-refractivity contribution in [1.82, 2.24) is 9.62 Å². The minimum atomic E-state index is -3.39. The zero-order valence-electron chi connectivity index (χ0n) is 15.1. The Hall–Kier alpha value is -1.40. The van der Waals surface area contributed by atoms with Crippen LogP contribution in [0, 0.1) is 17.8 Å². The molecule has 0 unspecified atom stereocenters. The molecule has 5 nitrogen and oxygen atoms in total. The third kappa shape index (κ3) is 3.81. The zero-order valence-corrected chi connectivity index (χ0v) is 16.0. The number of carbonyl (C=O) groups is 1. The molecule has 1 aromatic carbocycles. The van der Waals surface area contributed by atoms with Crippen molar-refractivity contribution in [3.8, 4) is 0 Å². The summed E-state index contributed by atoms with van der Waals surface area (Å²) in [6.07, 6.45) is 6.45. The Morgan fingerprint density at radius 1 is 1.12 bits per heavy atom. The molecule has 1 aliphatic heterocycles. The summed E-state index contributed by atoms with van der Waals surface area (Å²) < 4.78 is 27.1. The molecule has 4 rings (SSSR count). The zero-order chi connectivity index (χ0) is 18.1. The summed E-state index contributed by atoms with van der Waals surface area (Å²) in [6, 6.07) is 9.58. The quantitative estimate of drug-likeness (QED) is 0.859. The number of benzene rings is 1. The van der Waals surface area contributed by atoms with E-state index in [9.17, 15) is 13.2 Å². The number of fused-ring (bicyclic) bond motifs is 2. The Balaban J connectivity index is 1.36. The SMILES string of the molecule is O=C(N[C@@H]1C[C@H]2CC[C@H]1C2)[C@H]1CCCN(S(=O)(=O)Cc2ccccc2)C1. The second kappa shape index (κ2) is 7.31. The third-order valence-electron chi connectivity index (χ3n) is 6.41. The van der Waals surface area contributed by atoms with E-state index in [2.05, 4.69) is 5.32 Å². The standard InChI is InChI=1S/C20H28N2O3S/c23-20(21-19-12-16-8-9-17(19)11-16)18-7-4-10-22(13-18)26(24,25)14-15-5-2-1-3-6-15/h1-3,5-6,16-19H,4,7-14H2,(H,21,23)/t16-,17-,18-,19+/m0/s1. The summed E-state index contributed by atoms with van der Waals surface area (Å²) in [5.74, 6) is 1.29. The van der Waals surface area contributed by atoms with E-state index in [0.717, 1.165) is 30.7 Å². The Morgan fingerprint density at radius 3 is 2.62 bits per heavy atom. The Kier molecular flexibility index (Phi) is 5.06. The molecule has 3 aliphatic rings. The van der Waals surface area contributed by atoms with Crippen LogP contribution in [0.25, 0.3) is 0 Å². The van der Waals surface area contributed by atoms with Crippen molar-refractivity contribution in [3.63, 3.8) is 0 Å². The van der Waals surface area contributed by atoms with E-state index in [0.29, 0.717) is 25.0 Å². The Bertz CT molecular complexity index is 750. The summed E-state index contributed by atoms with van der Waals surface area (Å²) in [4.78, 5) is 12.7. The molecule has 0 spiro atoms.